The number of anilines is 1. The molecule has 0 aliphatic carbocycles. The third kappa shape index (κ3) is 7.23. The van der Waals surface area contributed by atoms with E-state index in [1.54, 1.807) is 4.90 Å². The van der Waals surface area contributed by atoms with Crippen molar-refractivity contribution in [3.8, 4) is 5.75 Å². The zero-order valence-corrected chi connectivity index (χ0v) is 17.7. The van der Waals surface area contributed by atoms with Crippen molar-refractivity contribution in [2.24, 2.45) is 0 Å². The Morgan fingerprint density at radius 3 is 2.30 bits per heavy atom. The van der Waals surface area contributed by atoms with Gasteiger partial charge in [-0.2, -0.15) is 13.2 Å². The van der Waals surface area contributed by atoms with E-state index in [0.717, 1.165) is 31.4 Å². The maximum absolute atomic E-state index is 12.7. The van der Waals surface area contributed by atoms with Crippen LogP contribution in [-0.2, 0) is 20.5 Å². The van der Waals surface area contributed by atoms with Crippen LogP contribution in [0.3, 0.4) is 0 Å². The molecule has 0 aromatic heterocycles. The monoisotopic (exact) mass is 464 g/mol. The largest absolute Gasteiger partial charge is 0.484 e. The molecular formula is C23H23F3N2O5. The van der Waals surface area contributed by atoms with E-state index < -0.39 is 30.2 Å². The molecule has 1 fully saturated rings. The summed E-state index contributed by atoms with van der Waals surface area (Å²) in [6, 6.07) is 10.0. The number of benzene rings is 2. The Bertz CT molecular complexity index is 986. The molecular weight excluding hydrogens is 441 g/mol. The molecule has 3 rings (SSSR count). The summed E-state index contributed by atoms with van der Waals surface area (Å²) in [6.45, 7) is 0.574. The number of hydrogen-bond donors (Lipinski definition) is 1. The average Bonchev–Trinajstić information content (AvgIpc) is 2.81. The number of amides is 2. The van der Waals surface area contributed by atoms with E-state index >= 15 is 0 Å². The summed E-state index contributed by atoms with van der Waals surface area (Å²) in [4.78, 5) is 37.9. The number of halogens is 3. The number of nitrogens with zero attached hydrogens (tertiary/aromatic N) is 1. The number of nitrogens with one attached hydrogen (secondary N) is 1. The van der Waals surface area contributed by atoms with Crippen molar-refractivity contribution >= 4 is 23.5 Å². The summed E-state index contributed by atoms with van der Waals surface area (Å²) in [6.07, 6.45) is -1.54. The molecule has 1 saturated heterocycles. The number of hydrogen-bond acceptors (Lipinski definition) is 5. The Morgan fingerprint density at radius 2 is 1.64 bits per heavy atom. The Balaban J connectivity index is 1.45. The maximum atomic E-state index is 12.7. The highest BCUT2D eigenvalue weighted by atomic mass is 19.4. The van der Waals surface area contributed by atoms with Crippen LogP contribution in [-0.4, -0.2) is 49.0 Å². The summed E-state index contributed by atoms with van der Waals surface area (Å²) >= 11 is 0. The zero-order valence-electron chi connectivity index (χ0n) is 17.7. The van der Waals surface area contributed by atoms with Gasteiger partial charge in [0, 0.05) is 18.8 Å². The standard InChI is InChI=1S/C23H23F3N2O5/c24-23(25,26)17-5-4-6-18(13-17)27-20(29)14-32-19-9-7-16(8-10-19)22(31)33-15-21(30)28-11-2-1-3-12-28/h4-10,13H,1-3,11-12,14-15H2,(H,27,29). The van der Waals surface area contributed by atoms with Gasteiger partial charge in [-0.05, 0) is 61.7 Å². The summed E-state index contributed by atoms with van der Waals surface area (Å²) in [5, 5.41) is 2.33. The first-order valence-electron chi connectivity index (χ1n) is 10.4. The van der Waals surface area contributed by atoms with Crippen molar-refractivity contribution in [3.05, 3.63) is 59.7 Å². The molecule has 0 bridgehead atoms. The molecule has 0 unspecified atom stereocenters. The molecule has 10 heteroatoms. The fourth-order valence-corrected chi connectivity index (χ4v) is 3.25. The Morgan fingerprint density at radius 1 is 0.939 bits per heavy atom. The van der Waals surface area contributed by atoms with Gasteiger partial charge >= 0.3 is 12.1 Å². The molecule has 7 nitrogen and oxygen atoms in total. The maximum Gasteiger partial charge on any atom is 0.416 e. The average molecular weight is 464 g/mol. The van der Waals surface area contributed by atoms with Gasteiger partial charge in [0.1, 0.15) is 5.75 Å². The molecule has 1 heterocycles. The lowest BCUT2D eigenvalue weighted by molar-refractivity contribution is -0.137. The van der Waals surface area contributed by atoms with Crippen molar-refractivity contribution in [1.29, 1.82) is 0 Å². The minimum absolute atomic E-state index is 0.00406. The highest BCUT2D eigenvalue weighted by Gasteiger charge is 2.30. The molecule has 33 heavy (non-hydrogen) atoms. The van der Waals surface area contributed by atoms with Crippen molar-refractivity contribution in [2.45, 2.75) is 25.4 Å². The lowest BCUT2D eigenvalue weighted by Gasteiger charge is -2.26. The van der Waals surface area contributed by atoms with Gasteiger partial charge in [0.2, 0.25) is 0 Å². The molecule has 0 atom stereocenters. The molecule has 1 aliphatic heterocycles. The van der Waals surface area contributed by atoms with Gasteiger partial charge in [0.15, 0.2) is 13.2 Å². The third-order valence-corrected chi connectivity index (χ3v) is 4.97. The smallest absolute Gasteiger partial charge is 0.416 e. The van der Waals surface area contributed by atoms with Crippen molar-refractivity contribution in [2.75, 3.05) is 31.6 Å². The van der Waals surface area contributed by atoms with E-state index in [1.165, 1.54) is 36.4 Å². The minimum Gasteiger partial charge on any atom is -0.484 e. The normalized spacial score (nSPS) is 13.8. The van der Waals surface area contributed by atoms with Gasteiger partial charge in [0.05, 0.1) is 11.1 Å². The first-order chi connectivity index (χ1) is 15.7. The molecule has 1 aliphatic rings. The number of ether oxygens (including phenoxy) is 2. The second kappa shape index (κ2) is 10.8. The van der Waals surface area contributed by atoms with E-state index in [1.807, 2.05) is 0 Å². The van der Waals surface area contributed by atoms with Crippen molar-refractivity contribution in [1.82, 2.24) is 4.90 Å². The predicted octanol–water partition coefficient (Wildman–Crippen LogP) is 3.89. The van der Waals surface area contributed by atoms with Crippen LogP contribution in [0.4, 0.5) is 18.9 Å². The molecule has 0 spiro atoms. The number of rotatable bonds is 7. The second-order valence-electron chi connectivity index (χ2n) is 7.46. The quantitative estimate of drug-likeness (QED) is 0.629. The van der Waals surface area contributed by atoms with Crippen molar-refractivity contribution in [3.63, 3.8) is 0 Å². The van der Waals surface area contributed by atoms with Gasteiger partial charge in [-0.3, -0.25) is 9.59 Å². The molecule has 0 saturated carbocycles. The number of likely N-dealkylation sites (tertiary alicyclic amines) is 1. The van der Waals surface area contributed by atoms with Gasteiger partial charge in [-0.25, -0.2) is 4.79 Å². The summed E-state index contributed by atoms with van der Waals surface area (Å²) in [5.74, 6) is -1.26. The fourth-order valence-electron chi connectivity index (χ4n) is 3.25. The van der Waals surface area contributed by atoms with Crippen LogP contribution in [0.5, 0.6) is 5.75 Å². The van der Waals surface area contributed by atoms with E-state index in [4.69, 9.17) is 9.47 Å². The van der Waals surface area contributed by atoms with E-state index in [-0.39, 0.29) is 29.5 Å². The van der Waals surface area contributed by atoms with Crippen LogP contribution in [0.25, 0.3) is 0 Å². The second-order valence-corrected chi connectivity index (χ2v) is 7.46. The molecule has 2 amide bonds. The topological polar surface area (TPSA) is 84.9 Å². The summed E-state index contributed by atoms with van der Waals surface area (Å²) < 4.78 is 48.6. The molecule has 2 aromatic rings. The number of carbonyl (C=O) groups excluding carboxylic acids is 3. The highest BCUT2D eigenvalue weighted by Crippen LogP contribution is 2.30. The Hall–Kier alpha value is -3.56. The van der Waals surface area contributed by atoms with E-state index in [2.05, 4.69) is 5.32 Å². The number of esters is 1. The minimum atomic E-state index is -4.51. The van der Waals surface area contributed by atoms with Gasteiger partial charge in [-0.15, -0.1) is 0 Å². The molecule has 0 radical (unpaired) electrons. The van der Waals surface area contributed by atoms with Crippen LogP contribution in [0.2, 0.25) is 0 Å². The summed E-state index contributed by atoms with van der Waals surface area (Å²) in [7, 11) is 0. The first-order valence-corrected chi connectivity index (χ1v) is 10.4. The van der Waals surface area contributed by atoms with Crippen LogP contribution in [0.1, 0.15) is 35.2 Å². The number of carbonyl (C=O) groups is 3. The Labute approximate surface area is 188 Å². The highest BCUT2D eigenvalue weighted by molar-refractivity contribution is 5.92. The SMILES string of the molecule is O=C(COc1ccc(C(=O)OCC(=O)N2CCCCC2)cc1)Nc1cccc(C(F)(F)F)c1. The molecule has 176 valence electrons. The van der Waals surface area contributed by atoms with E-state index in [0.29, 0.717) is 13.1 Å². The van der Waals surface area contributed by atoms with Crippen LogP contribution >= 0.6 is 0 Å². The lowest BCUT2D eigenvalue weighted by Crippen LogP contribution is -2.38. The number of piperidine rings is 1. The molecule has 2 aromatic carbocycles. The van der Waals surface area contributed by atoms with Crippen LogP contribution in [0.15, 0.2) is 48.5 Å². The van der Waals surface area contributed by atoms with Crippen LogP contribution < -0.4 is 10.1 Å². The fraction of sp³-hybridized carbons (Fsp3) is 0.348. The van der Waals surface area contributed by atoms with Crippen LogP contribution in [0, 0.1) is 0 Å². The molecule has 1 N–H and O–H groups in total. The van der Waals surface area contributed by atoms with E-state index in [9.17, 15) is 27.6 Å². The van der Waals surface area contributed by atoms with Gasteiger partial charge in [-0.1, -0.05) is 6.07 Å². The third-order valence-electron chi connectivity index (χ3n) is 4.97. The Kier molecular flexibility index (Phi) is 7.92. The van der Waals surface area contributed by atoms with Gasteiger partial charge < -0.3 is 19.7 Å². The first kappa shape index (κ1) is 24.1. The number of alkyl halides is 3. The van der Waals surface area contributed by atoms with Crippen molar-refractivity contribution < 1.29 is 37.0 Å². The zero-order chi connectivity index (χ0) is 23.8. The van der Waals surface area contributed by atoms with Gasteiger partial charge in [0.25, 0.3) is 11.8 Å². The lowest BCUT2D eigenvalue weighted by atomic mass is 10.1. The summed E-state index contributed by atoms with van der Waals surface area (Å²) in [5.41, 5.74) is -0.667. The predicted molar refractivity (Wildman–Crippen MR) is 113 cm³/mol.